The smallest absolute Gasteiger partial charge is 0.266 e. The molecule has 0 atom stereocenters. The van der Waals surface area contributed by atoms with E-state index in [1.807, 2.05) is 18.3 Å². The van der Waals surface area contributed by atoms with Crippen molar-refractivity contribution >= 4 is 16.8 Å². The Kier molecular flexibility index (Phi) is 4.12. The van der Waals surface area contributed by atoms with Gasteiger partial charge in [-0.15, -0.1) is 10.2 Å². The van der Waals surface area contributed by atoms with Crippen LogP contribution in [-0.4, -0.2) is 42.8 Å². The third-order valence-electron chi connectivity index (χ3n) is 5.18. The van der Waals surface area contributed by atoms with Gasteiger partial charge in [-0.25, -0.2) is 9.36 Å². The van der Waals surface area contributed by atoms with E-state index in [1.54, 1.807) is 40.2 Å². The van der Waals surface area contributed by atoms with E-state index in [9.17, 15) is 4.79 Å². The Bertz CT molecular complexity index is 1140. The first kappa shape index (κ1) is 16.7. The van der Waals surface area contributed by atoms with Gasteiger partial charge in [0, 0.05) is 43.5 Å². The minimum absolute atomic E-state index is 0.0930. The molecule has 0 bridgehead atoms. The van der Waals surface area contributed by atoms with Crippen LogP contribution >= 0.6 is 0 Å². The molecule has 0 aliphatic carbocycles. The second kappa shape index (κ2) is 6.91. The molecule has 0 N–H and O–H groups in total. The molecule has 4 aromatic heterocycles. The summed E-state index contributed by atoms with van der Waals surface area (Å²) in [5.41, 5.74) is 0.683. The molecule has 0 amide bonds. The molecule has 0 spiro atoms. The molecule has 1 saturated heterocycles. The first-order valence-corrected chi connectivity index (χ1v) is 9.30. The molecule has 0 saturated carbocycles. The molecule has 142 valence electrons. The Morgan fingerprint density at radius 2 is 2.07 bits per heavy atom. The summed E-state index contributed by atoms with van der Waals surface area (Å²) < 4.78 is 8.78. The molecular weight excluding hydrogens is 358 g/mol. The number of anilines is 1. The van der Waals surface area contributed by atoms with Crippen molar-refractivity contribution in [2.45, 2.75) is 19.4 Å². The molecule has 28 heavy (non-hydrogen) atoms. The number of nitrogens with zero attached hydrogens (tertiary/aromatic N) is 7. The molecule has 1 aliphatic rings. The minimum atomic E-state index is -0.0930. The second-order valence-electron chi connectivity index (χ2n) is 6.97. The summed E-state index contributed by atoms with van der Waals surface area (Å²) in [6.07, 6.45) is 8.76. The van der Waals surface area contributed by atoms with Crippen molar-refractivity contribution in [3.63, 3.8) is 0 Å². The zero-order valence-electron chi connectivity index (χ0n) is 15.2. The topological polar surface area (TPSA) is 94.9 Å². The molecule has 0 aromatic carbocycles. The third kappa shape index (κ3) is 3.04. The summed E-state index contributed by atoms with van der Waals surface area (Å²) in [7, 11) is 0. The summed E-state index contributed by atoms with van der Waals surface area (Å²) >= 11 is 0. The summed E-state index contributed by atoms with van der Waals surface area (Å²) in [6.45, 7) is 2.28. The van der Waals surface area contributed by atoms with Crippen LogP contribution in [0.4, 0.5) is 5.82 Å². The average Bonchev–Trinajstić information content (AvgIpc) is 3.42. The van der Waals surface area contributed by atoms with Crippen molar-refractivity contribution in [2.24, 2.45) is 5.92 Å². The van der Waals surface area contributed by atoms with Crippen LogP contribution in [0.2, 0.25) is 0 Å². The van der Waals surface area contributed by atoms with Gasteiger partial charge in [-0.2, -0.15) is 10.2 Å². The largest absolute Gasteiger partial charge is 0.460 e. The van der Waals surface area contributed by atoms with Crippen molar-refractivity contribution < 1.29 is 4.42 Å². The van der Waals surface area contributed by atoms with Gasteiger partial charge in [0.1, 0.15) is 0 Å². The molecule has 1 aliphatic heterocycles. The van der Waals surface area contributed by atoms with Gasteiger partial charge in [0.2, 0.25) is 0 Å². The van der Waals surface area contributed by atoms with E-state index in [0.717, 1.165) is 42.7 Å². The quantitative estimate of drug-likeness (QED) is 0.536. The predicted molar refractivity (Wildman–Crippen MR) is 102 cm³/mol. The normalized spacial score (nSPS) is 15.4. The monoisotopic (exact) mass is 377 g/mol. The summed E-state index contributed by atoms with van der Waals surface area (Å²) in [5.74, 6) is 1.80. The Morgan fingerprint density at radius 3 is 2.89 bits per heavy atom. The van der Waals surface area contributed by atoms with Crippen molar-refractivity contribution in [1.29, 1.82) is 0 Å². The van der Waals surface area contributed by atoms with Gasteiger partial charge in [0.05, 0.1) is 12.5 Å². The lowest BCUT2D eigenvalue weighted by Gasteiger charge is -2.32. The van der Waals surface area contributed by atoms with Crippen LogP contribution in [0.3, 0.4) is 0 Å². The standard InChI is InChI=1S/C19H19N7O2/c27-17-3-2-16(25-8-1-7-21-25)23-26(17)13-14-4-9-24(10-5-14)19-18-15(6-11-28-18)12-20-22-19/h1-3,6-8,11-12,14H,4-5,9-10,13H2. The van der Waals surface area contributed by atoms with Gasteiger partial charge in [0.25, 0.3) is 5.56 Å². The van der Waals surface area contributed by atoms with Gasteiger partial charge in [-0.05, 0) is 37.0 Å². The highest BCUT2D eigenvalue weighted by Crippen LogP contribution is 2.28. The fraction of sp³-hybridized carbons (Fsp3) is 0.316. The Labute approximate surface area is 160 Å². The number of hydrogen-bond acceptors (Lipinski definition) is 7. The number of rotatable bonds is 4. The molecule has 4 aromatic rings. The van der Waals surface area contributed by atoms with Crippen LogP contribution in [0, 0.1) is 5.92 Å². The number of fused-ring (bicyclic) bond motifs is 1. The molecule has 0 unspecified atom stereocenters. The fourth-order valence-corrected chi connectivity index (χ4v) is 3.67. The highest BCUT2D eigenvalue weighted by Gasteiger charge is 2.23. The number of hydrogen-bond donors (Lipinski definition) is 0. The fourth-order valence-electron chi connectivity index (χ4n) is 3.67. The first-order valence-electron chi connectivity index (χ1n) is 9.30. The van der Waals surface area contributed by atoms with Gasteiger partial charge in [0.15, 0.2) is 17.2 Å². The van der Waals surface area contributed by atoms with Crippen LogP contribution in [0.25, 0.3) is 16.8 Å². The summed E-state index contributed by atoms with van der Waals surface area (Å²) in [6, 6.07) is 6.96. The van der Waals surface area contributed by atoms with Crippen LogP contribution < -0.4 is 10.5 Å². The zero-order chi connectivity index (χ0) is 18.9. The lowest BCUT2D eigenvalue weighted by atomic mass is 9.97. The van der Waals surface area contributed by atoms with Crippen LogP contribution in [0.15, 0.2) is 58.3 Å². The van der Waals surface area contributed by atoms with Gasteiger partial charge >= 0.3 is 0 Å². The highest BCUT2D eigenvalue weighted by atomic mass is 16.3. The van der Waals surface area contributed by atoms with Gasteiger partial charge in [-0.1, -0.05) is 0 Å². The maximum absolute atomic E-state index is 12.2. The number of piperidine rings is 1. The summed E-state index contributed by atoms with van der Waals surface area (Å²) in [5, 5.41) is 18.0. The molecule has 5 rings (SSSR count). The molecule has 9 heteroatoms. The van der Waals surface area contributed by atoms with Gasteiger partial charge < -0.3 is 9.32 Å². The first-order chi connectivity index (χ1) is 13.8. The highest BCUT2D eigenvalue weighted by molar-refractivity contribution is 5.86. The Hall–Kier alpha value is -3.49. The van der Waals surface area contributed by atoms with E-state index in [0.29, 0.717) is 18.3 Å². The van der Waals surface area contributed by atoms with Crippen molar-refractivity contribution in [1.82, 2.24) is 29.8 Å². The Balaban J connectivity index is 1.30. The number of furan rings is 1. The third-order valence-corrected chi connectivity index (χ3v) is 5.18. The van der Waals surface area contributed by atoms with Crippen LogP contribution in [0.1, 0.15) is 12.8 Å². The molecule has 5 heterocycles. The molecular formula is C19H19N7O2. The predicted octanol–water partition coefficient (Wildman–Crippen LogP) is 1.88. The maximum atomic E-state index is 12.2. The number of aromatic nitrogens is 6. The SMILES string of the molecule is O=c1ccc(-n2cccn2)nn1CC1CCN(c2nncc3ccoc23)CC1. The van der Waals surface area contributed by atoms with Crippen LogP contribution in [-0.2, 0) is 6.54 Å². The second-order valence-corrected chi connectivity index (χ2v) is 6.97. The molecule has 1 fully saturated rings. The lowest BCUT2D eigenvalue weighted by Crippen LogP contribution is -2.37. The summed E-state index contributed by atoms with van der Waals surface area (Å²) in [4.78, 5) is 14.4. The maximum Gasteiger partial charge on any atom is 0.266 e. The van der Waals surface area contributed by atoms with Crippen molar-refractivity contribution in [3.8, 4) is 5.82 Å². The lowest BCUT2D eigenvalue weighted by molar-refractivity contribution is 0.333. The van der Waals surface area contributed by atoms with E-state index in [4.69, 9.17) is 4.42 Å². The minimum Gasteiger partial charge on any atom is -0.460 e. The molecule has 0 radical (unpaired) electrons. The van der Waals surface area contributed by atoms with E-state index in [1.165, 1.54) is 0 Å². The van der Waals surface area contributed by atoms with Crippen molar-refractivity contribution in [2.75, 3.05) is 18.0 Å². The zero-order valence-corrected chi connectivity index (χ0v) is 15.2. The van der Waals surface area contributed by atoms with Crippen molar-refractivity contribution in [3.05, 3.63) is 59.5 Å². The Morgan fingerprint density at radius 1 is 1.18 bits per heavy atom. The van der Waals surface area contributed by atoms with Gasteiger partial charge in [-0.3, -0.25) is 4.79 Å². The van der Waals surface area contributed by atoms with E-state index in [2.05, 4.69) is 25.3 Å². The van der Waals surface area contributed by atoms with Crippen LogP contribution in [0.5, 0.6) is 0 Å². The molecule has 9 nitrogen and oxygen atoms in total. The average molecular weight is 377 g/mol. The van der Waals surface area contributed by atoms with E-state index < -0.39 is 0 Å². The van der Waals surface area contributed by atoms with E-state index >= 15 is 0 Å². The van der Waals surface area contributed by atoms with E-state index in [-0.39, 0.29) is 5.56 Å².